The number of nitriles is 1. The smallest absolute Gasteiger partial charge is 0.161 e. The minimum Gasteiger partial charge on any atom is -0.490 e. The molecule has 3 aromatic rings. The van der Waals surface area contributed by atoms with E-state index in [4.69, 9.17) is 21.1 Å². The Hall–Kier alpha value is -2.74. The highest BCUT2D eigenvalue weighted by molar-refractivity contribution is 9.10. The first-order valence-electron chi connectivity index (χ1n) is 9.11. The molecule has 0 aliphatic heterocycles. The van der Waals surface area contributed by atoms with Gasteiger partial charge in [0.05, 0.1) is 18.2 Å². The zero-order chi connectivity index (χ0) is 20.6. The van der Waals surface area contributed by atoms with Gasteiger partial charge in [0, 0.05) is 9.50 Å². The highest BCUT2D eigenvalue weighted by Gasteiger charge is 2.08. The van der Waals surface area contributed by atoms with E-state index in [-0.39, 0.29) is 0 Å². The van der Waals surface area contributed by atoms with Crippen LogP contribution in [0, 0.1) is 11.3 Å². The maximum Gasteiger partial charge on any atom is 0.161 e. The summed E-state index contributed by atoms with van der Waals surface area (Å²) in [7, 11) is 0. The summed E-state index contributed by atoms with van der Waals surface area (Å²) in [6.45, 7) is 2.88. The van der Waals surface area contributed by atoms with Crippen LogP contribution in [-0.2, 0) is 6.61 Å². The average molecular weight is 469 g/mol. The molecule has 0 saturated carbocycles. The van der Waals surface area contributed by atoms with Crippen LogP contribution in [0.25, 0.3) is 11.6 Å². The quantitative estimate of drug-likeness (QED) is 0.273. The maximum atomic E-state index is 9.57. The molecule has 0 heterocycles. The molecule has 5 heteroatoms. The summed E-state index contributed by atoms with van der Waals surface area (Å²) in [5, 5.41) is 10.2. The van der Waals surface area contributed by atoms with Crippen LogP contribution in [0.2, 0.25) is 5.02 Å². The zero-order valence-corrected chi connectivity index (χ0v) is 18.2. The van der Waals surface area contributed by atoms with Gasteiger partial charge >= 0.3 is 0 Å². The molecule has 146 valence electrons. The highest BCUT2D eigenvalue weighted by atomic mass is 79.9. The van der Waals surface area contributed by atoms with Crippen LogP contribution in [0.1, 0.15) is 23.6 Å². The lowest BCUT2D eigenvalue weighted by atomic mass is 10.0. The van der Waals surface area contributed by atoms with Crippen molar-refractivity contribution in [1.82, 2.24) is 0 Å². The van der Waals surface area contributed by atoms with Crippen LogP contribution < -0.4 is 9.47 Å². The van der Waals surface area contributed by atoms with Crippen molar-refractivity contribution >= 4 is 39.2 Å². The number of hydrogen-bond acceptors (Lipinski definition) is 3. The van der Waals surface area contributed by atoms with E-state index in [0.29, 0.717) is 35.3 Å². The predicted octanol–water partition coefficient (Wildman–Crippen LogP) is 7.14. The van der Waals surface area contributed by atoms with E-state index >= 15 is 0 Å². The van der Waals surface area contributed by atoms with Gasteiger partial charge in [0.1, 0.15) is 6.61 Å². The maximum absolute atomic E-state index is 9.57. The number of benzene rings is 3. The van der Waals surface area contributed by atoms with Gasteiger partial charge in [0.2, 0.25) is 0 Å². The Morgan fingerprint density at radius 3 is 2.52 bits per heavy atom. The molecule has 0 amide bonds. The van der Waals surface area contributed by atoms with Gasteiger partial charge in [0.15, 0.2) is 11.5 Å². The fourth-order valence-corrected chi connectivity index (χ4v) is 3.20. The van der Waals surface area contributed by atoms with E-state index in [9.17, 15) is 5.26 Å². The minimum atomic E-state index is 0.439. The number of rotatable bonds is 7. The Labute approximate surface area is 184 Å². The van der Waals surface area contributed by atoms with Gasteiger partial charge in [-0.1, -0.05) is 57.9 Å². The number of halogens is 2. The molecular formula is C24H19BrClNO2. The van der Waals surface area contributed by atoms with E-state index in [1.54, 1.807) is 12.1 Å². The molecule has 0 spiro atoms. The van der Waals surface area contributed by atoms with Crippen molar-refractivity contribution in [3.8, 4) is 17.6 Å². The van der Waals surface area contributed by atoms with Crippen LogP contribution in [0.15, 0.2) is 71.2 Å². The first-order chi connectivity index (χ1) is 14.1. The number of ether oxygens (including phenoxy) is 2. The van der Waals surface area contributed by atoms with Gasteiger partial charge in [-0.05, 0) is 66.1 Å². The van der Waals surface area contributed by atoms with Gasteiger partial charge in [-0.3, -0.25) is 0 Å². The zero-order valence-electron chi connectivity index (χ0n) is 15.9. The van der Waals surface area contributed by atoms with Gasteiger partial charge in [-0.15, -0.1) is 0 Å². The summed E-state index contributed by atoms with van der Waals surface area (Å²) < 4.78 is 12.7. The molecule has 0 aliphatic carbocycles. The van der Waals surface area contributed by atoms with Crippen molar-refractivity contribution in [3.63, 3.8) is 0 Å². The van der Waals surface area contributed by atoms with E-state index in [0.717, 1.165) is 21.2 Å². The standard InChI is InChI=1S/C24H19BrClNO2/c1-2-28-24-13-18(12-20(15-27)19-4-3-5-22(26)14-19)8-11-23(24)29-16-17-6-9-21(25)10-7-17/h3-14H,2,16H2,1H3/b20-12-. The molecule has 0 N–H and O–H groups in total. The topological polar surface area (TPSA) is 42.2 Å². The second-order valence-electron chi connectivity index (χ2n) is 6.23. The van der Waals surface area contributed by atoms with Gasteiger partial charge < -0.3 is 9.47 Å². The number of hydrogen-bond donors (Lipinski definition) is 0. The van der Waals surface area contributed by atoms with Gasteiger partial charge in [-0.2, -0.15) is 5.26 Å². The predicted molar refractivity (Wildman–Crippen MR) is 121 cm³/mol. The fraction of sp³-hybridized carbons (Fsp3) is 0.125. The lowest BCUT2D eigenvalue weighted by Gasteiger charge is -2.13. The van der Waals surface area contributed by atoms with E-state index < -0.39 is 0 Å². The molecule has 29 heavy (non-hydrogen) atoms. The highest BCUT2D eigenvalue weighted by Crippen LogP contribution is 2.31. The van der Waals surface area contributed by atoms with Crippen molar-refractivity contribution in [1.29, 1.82) is 5.26 Å². The van der Waals surface area contributed by atoms with Crippen LogP contribution in [0.3, 0.4) is 0 Å². The Morgan fingerprint density at radius 1 is 1.03 bits per heavy atom. The van der Waals surface area contributed by atoms with E-state index in [2.05, 4.69) is 22.0 Å². The van der Waals surface area contributed by atoms with Crippen LogP contribution in [0.5, 0.6) is 11.5 Å². The number of allylic oxidation sites excluding steroid dienone is 1. The normalized spacial score (nSPS) is 11.0. The second-order valence-corrected chi connectivity index (χ2v) is 7.59. The molecule has 0 bridgehead atoms. The summed E-state index contributed by atoms with van der Waals surface area (Å²) in [6.07, 6.45) is 1.81. The molecule has 0 radical (unpaired) electrons. The molecule has 0 aliphatic rings. The molecule has 3 aromatic carbocycles. The van der Waals surface area contributed by atoms with E-state index in [1.807, 2.05) is 67.6 Å². The summed E-state index contributed by atoms with van der Waals surface area (Å²) in [6, 6.07) is 23.1. The third-order valence-corrected chi connectivity index (χ3v) is 4.91. The monoisotopic (exact) mass is 467 g/mol. The van der Waals surface area contributed by atoms with Gasteiger partial charge in [-0.25, -0.2) is 0 Å². The lowest BCUT2D eigenvalue weighted by molar-refractivity contribution is 0.269. The van der Waals surface area contributed by atoms with Crippen LogP contribution in [0.4, 0.5) is 0 Å². The molecule has 3 nitrogen and oxygen atoms in total. The Morgan fingerprint density at radius 2 is 1.83 bits per heavy atom. The molecule has 0 fully saturated rings. The third kappa shape index (κ3) is 5.87. The fourth-order valence-electron chi connectivity index (χ4n) is 2.75. The first-order valence-corrected chi connectivity index (χ1v) is 10.3. The lowest BCUT2D eigenvalue weighted by Crippen LogP contribution is -2.00. The molecule has 0 saturated heterocycles. The first kappa shape index (κ1) is 21.0. The van der Waals surface area contributed by atoms with Crippen molar-refractivity contribution < 1.29 is 9.47 Å². The molecule has 0 aromatic heterocycles. The minimum absolute atomic E-state index is 0.439. The van der Waals surface area contributed by atoms with Gasteiger partial charge in [0.25, 0.3) is 0 Å². The molecule has 0 unspecified atom stereocenters. The number of nitrogens with zero attached hydrogens (tertiary/aromatic N) is 1. The summed E-state index contributed by atoms with van der Waals surface area (Å²) in [4.78, 5) is 0. The summed E-state index contributed by atoms with van der Waals surface area (Å²) in [5.74, 6) is 1.30. The summed E-state index contributed by atoms with van der Waals surface area (Å²) >= 11 is 9.49. The van der Waals surface area contributed by atoms with Crippen molar-refractivity contribution in [2.24, 2.45) is 0 Å². The summed E-state index contributed by atoms with van der Waals surface area (Å²) in [5.41, 5.74) is 3.21. The SMILES string of the molecule is CCOc1cc(/C=C(/C#N)c2cccc(Cl)c2)ccc1OCc1ccc(Br)cc1. The Kier molecular flexibility index (Phi) is 7.35. The molecule has 0 atom stereocenters. The van der Waals surface area contributed by atoms with Crippen molar-refractivity contribution in [2.75, 3.05) is 6.61 Å². The Bertz CT molecular complexity index is 1060. The molecular weight excluding hydrogens is 450 g/mol. The van der Waals surface area contributed by atoms with E-state index in [1.165, 1.54) is 0 Å². The second kappa shape index (κ2) is 10.2. The van der Waals surface area contributed by atoms with Crippen LogP contribution in [-0.4, -0.2) is 6.61 Å². The van der Waals surface area contributed by atoms with Crippen molar-refractivity contribution in [2.45, 2.75) is 13.5 Å². The Balaban J connectivity index is 1.84. The third-order valence-electron chi connectivity index (χ3n) is 4.14. The largest absolute Gasteiger partial charge is 0.490 e. The molecule has 3 rings (SSSR count). The van der Waals surface area contributed by atoms with Crippen LogP contribution >= 0.6 is 27.5 Å². The average Bonchev–Trinajstić information content (AvgIpc) is 2.73. The van der Waals surface area contributed by atoms with Crippen molar-refractivity contribution in [3.05, 3.63) is 92.9 Å².